The van der Waals surface area contributed by atoms with Gasteiger partial charge < -0.3 is 10.1 Å². The van der Waals surface area contributed by atoms with Crippen molar-refractivity contribution in [2.75, 3.05) is 25.5 Å². The molecular formula is C19H20F2N2O4S. The number of amides is 1. The molecule has 0 radical (unpaired) electrons. The van der Waals surface area contributed by atoms with Gasteiger partial charge in [-0.15, -0.1) is 0 Å². The lowest BCUT2D eigenvalue weighted by Gasteiger charge is -2.20. The Morgan fingerprint density at radius 1 is 1.21 bits per heavy atom. The Labute approximate surface area is 162 Å². The Bertz CT molecular complexity index is 958. The Kier molecular flexibility index (Phi) is 6.07. The van der Waals surface area contributed by atoms with Crippen LogP contribution in [0.25, 0.3) is 0 Å². The molecule has 0 bridgehead atoms. The Hall–Kier alpha value is -2.36. The highest BCUT2D eigenvalue weighted by Gasteiger charge is 2.26. The molecule has 1 amide bonds. The lowest BCUT2D eigenvalue weighted by atomic mass is 10.2. The molecule has 1 atom stereocenters. The zero-order chi connectivity index (χ0) is 20.3. The van der Waals surface area contributed by atoms with Gasteiger partial charge in [-0.3, -0.25) is 4.79 Å². The topological polar surface area (TPSA) is 75.7 Å². The van der Waals surface area contributed by atoms with Gasteiger partial charge in [0.2, 0.25) is 10.0 Å². The van der Waals surface area contributed by atoms with Gasteiger partial charge in [0.05, 0.1) is 16.7 Å². The Balaban J connectivity index is 1.70. The predicted octanol–water partition coefficient (Wildman–Crippen LogP) is 3.02. The number of ether oxygens (including phenoxy) is 1. The number of hydrogen-bond donors (Lipinski definition) is 1. The second kappa shape index (κ2) is 8.34. The van der Waals surface area contributed by atoms with Crippen LogP contribution < -0.4 is 5.32 Å². The first-order valence-corrected chi connectivity index (χ1v) is 10.2. The third-order valence-corrected chi connectivity index (χ3v) is 6.33. The molecule has 1 heterocycles. The highest BCUT2D eigenvalue weighted by molar-refractivity contribution is 7.89. The summed E-state index contributed by atoms with van der Waals surface area (Å²) in [6.45, 7) is 0.894. The molecular weight excluding hydrogens is 390 g/mol. The molecule has 0 aliphatic carbocycles. The lowest BCUT2D eigenvalue weighted by molar-refractivity contribution is 0.0979. The number of benzene rings is 2. The standard InChI is InChI=1S/C19H20F2N2O4S/c1-23(12-15-3-2-10-27-15)28(25,26)16-7-4-13(5-8-16)19(24)22-18-9-6-14(20)11-17(18)21/h4-9,11,15H,2-3,10,12H2,1H3,(H,22,24)/t15-/m0/s1. The summed E-state index contributed by atoms with van der Waals surface area (Å²) in [5, 5.41) is 2.33. The van der Waals surface area contributed by atoms with E-state index in [2.05, 4.69) is 5.32 Å². The van der Waals surface area contributed by atoms with Gasteiger partial charge in [-0.2, -0.15) is 4.31 Å². The Morgan fingerprint density at radius 3 is 2.54 bits per heavy atom. The second-order valence-electron chi connectivity index (χ2n) is 6.52. The van der Waals surface area contributed by atoms with Gasteiger partial charge in [-0.25, -0.2) is 17.2 Å². The van der Waals surface area contributed by atoms with Crippen molar-refractivity contribution in [3.8, 4) is 0 Å². The van der Waals surface area contributed by atoms with Gasteiger partial charge in [0, 0.05) is 31.8 Å². The summed E-state index contributed by atoms with van der Waals surface area (Å²) in [5.41, 5.74) is -0.0242. The van der Waals surface area contributed by atoms with Crippen molar-refractivity contribution >= 4 is 21.6 Å². The van der Waals surface area contributed by atoms with Crippen LogP contribution in [0, 0.1) is 11.6 Å². The van der Waals surface area contributed by atoms with Crippen LogP contribution in [0.15, 0.2) is 47.4 Å². The van der Waals surface area contributed by atoms with E-state index < -0.39 is 27.6 Å². The zero-order valence-electron chi connectivity index (χ0n) is 15.2. The van der Waals surface area contributed by atoms with E-state index in [1.807, 2.05) is 0 Å². The summed E-state index contributed by atoms with van der Waals surface area (Å²) in [5.74, 6) is -2.29. The van der Waals surface area contributed by atoms with Gasteiger partial charge in [0.1, 0.15) is 11.6 Å². The van der Waals surface area contributed by atoms with Crippen molar-refractivity contribution in [1.29, 1.82) is 0 Å². The number of likely N-dealkylation sites (N-methyl/N-ethyl adjacent to an activating group) is 1. The molecule has 1 saturated heterocycles. The van der Waals surface area contributed by atoms with E-state index in [4.69, 9.17) is 4.74 Å². The van der Waals surface area contributed by atoms with Crippen LogP contribution in [0.5, 0.6) is 0 Å². The second-order valence-corrected chi connectivity index (χ2v) is 8.57. The molecule has 2 aromatic rings. The first-order valence-electron chi connectivity index (χ1n) is 8.72. The fourth-order valence-electron chi connectivity index (χ4n) is 2.92. The minimum atomic E-state index is -3.72. The molecule has 1 fully saturated rings. The predicted molar refractivity (Wildman–Crippen MR) is 99.5 cm³/mol. The molecule has 3 rings (SSSR count). The van der Waals surface area contributed by atoms with Crippen LogP contribution in [0.2, 0.25) is 0 Å². The quantitative estimate of drug-likeness (QED) is 0.794. The average Bonchev–Trinajstić information content (AvgIpc) is 3.17. The summed E-state index contributed by atoms with van der Waals surface area (Å²) in [6, 6.07) is 8.11. The van der Waals surface area contributed by atoms with E-state index in [1.165, 1.54) is 35.6 Å². The van der Waals surface area contributed by atoms with E-state index in [0.717, 1.165) is 25.0 Å². The van der Waals surface area contributed by atoms with Crippen LogP contribution in [-0.2, 0) is 14.8 Å². The summed E-state index contributed by atoms with van der Waals surface area (Å²) < 4.78 is 58.6. The van der Waals surface area contributed by atoms with E-state index in [-0.39, 0.29) is 28.8 Å². The first kappa shape index (κ1) is 20.4. The molecule has 0 aromatic heterocycles. The number of anilines is 1. The normalized spacial score (nSPS) is 17.1. The minimum Gasteiger partial charge on any atom is -0.377 e. The molecule has 1 N–H and O–H groups in total. The molecule has 1 aliphatic heterocycles. The number of nitrogens with one attached hydrogen (secondary N) is 1. The fourth-order valence-corrected chi connectivity index (χ4v) is 4.12. The number of halogens is 2. The van der Waals surface area contributed by atoms with E-state index >= 15 is 0 Å². The molecule has 0 spiro atoms. The molecule has 1 aliphatic rings. The number of carbonyl (C=O) groups is 1. The summed E-state index contributed by atoms with van der Waals surface area (Å²) >= 11 is 0. The van der Waals surface area contributed by atoms with Crippen LogP contribution in [-0.4, -0.2) is 44.9 Å². The van der Waals surface area contributed by atoms with E-state index in [9.17, 15) is 22.0 Å². The number of carbonyl (C=O) groups excluding carboxylic acids is 1. The smallest absolute Gasteiger partial charge is 0.255 e. The van der Waals surface area contributed by atoms with Gasteiger partial charge >= 0.3 is 0 Å². The maximum atomic E-state index is 13.7. The third-order valence-electron chi connectivity index (χ3n) is 4.49. The van der Waals surface area contributed by atoms with Crippen molar-refractivity contribution in [1.82, 2.24) is 4.31 Å². The maximum Gasteiger partial charge on any atom is 0.255 e. The zero-order valence-corrected chi connectivity index (χ0v) is 16.0. The van der Waals surface area contributed by atoms with Crippen LogP contribution in [0.1, 0.15) is 23.2 Å². The minimum absolute atomic E-state index is 0.0394. The highest BCUT2D eigenvalue weighted by Crippen LogP contribution is 2.20. The van der Waals surface area contributed by atoms with Gasteiger partial charge in [-0.05, 0) is 49.2 Å². The molecule has 2 aromatic carbocycles. The average molecular weight is 410 g/mol. The Morgan fingerprint density at radius 2 is 1.93 bits per heavy atom. The largest absolute Gasteiger partial charge is 0.377 e. The number of nitrogens with zero attached hydrogens (tertiary/aromatic N) is 1. The third kappa shape index (κ3) is 4.54. The highest BCUT2D eigenvalue weighted by atomic mass is 32.2. The number of rotatable bonds is 6. The van der Waals surface area contributed by atoms with Crippen LogP contribution in [0.3, 0.4) is 0 Å². The van der Waals surface area contributed by atoms with Crippen molar-refractivity contribution in [3.05, 3.63) is 59.7 Å². The maximum absolute atomic E-state index is 13.7. The van der Waals surface area contributed by atoms with Gasteiger partial charge in [-0.1, -0.05) is 0 Å². The SMILES string of the molecule is CN(C[C@@H]1CCCO1)S(=O)(=O)c1ccc(C(=O)Nc2ccc(F)cc2F)cc1. The number of hydrogen-bond acceptors (Lipinski definition) is 4. The molecule has 150 valence electrons. The molecule has 0 unspecified atom stereocenters. The summed E-state index contributed by atoms with van der Waals surface area (Å²) in [4.78, 5) is 12.3. The fraction of sp³-hybridized carbons (Fsp3) is 0.316. The van der Waals surface area contributed by atoms with Crippen LogP contribution in [0.4, 0.5) is 14.5 Å². The lowest BCUT2D eigenvalue weighted by Crippen LogP contribution is -2.34. The molecule has 0 saturated carbocycles. The van der Waals surface area contributed by atoms with Gasteiger partial charge in [0.15, 0.2) is 0 Å². The number of sulfonamides is 1. The van der Waals surface area contributed by atoms with E-state index in [1.54, 1.807) is 0 Å². The molecule has 28 heavy (non-hydrogen) atoms. The first-order chi connectivity index (χ1) is 13.3. The monoisotopic (exact) mass is 410 g/mol. The van der Waals surface area contributed by atoms with Crippen molar-refractivity contribution < 1.29 is 26.7 Å². The molecule has 9 heteroatoms. The molecule has 6 nitrogen and oxygen atoms in total. The van der Waals surface area contributed by atoms with Crippen molar-refractivity contribution in [2.24, 2.45) is 0 Å². The summed E-state index contributed by atoms with van der Waals surface area (Å²) in [7, 11) is -2.24. The summed E-state index contributed by atoms with van der Waals surface area (Å²) in [6.07, 6.45) is 1.62. The van der Waals surface area contributed by atoms with E-state index in [0.29, 0.717) is 12.7 Å². The van der Waals surface area contributed by atoms with Crippen molar-refractivity contribution in [2.45, 2.75) is 23.8 Å². The van der Waals surface area contributed by atoms with Crippen molar-refractivity contribution in [3.63, 3.8) is 0 Å². The van der Waals surface area contributed by atoms with Crippen LogP contribution >= 0.6 is 0 Å². The van der Waals surface area contributed by atoms with Gasteiger partial charge in [0.25, 0.3) is 5.91 Å².